The van der Waals surface area contributed by atoms with Gasteiger partial charge in [0.1, 0.15) is 0 Å². The van der Waals surface area contributed by atoms with Crippen LogP contribution in [-0.4, -0.2) is 20.3 Å². The molecule has 0 radical (unpaired) electrons. The van der Waals surface area contributed by atoms with Crippen molar-refractivity contribution in [3.05, 3.63) is 28.4 Å². The van der Waals surface area contributed by atoms with E-state index >= 15 is 0 Å². The summed E-state index contributed by atoms with van der Waals surface area (Å²) in [4.78, 5) is 0. The molecule has 0 saturated heterocycles. The Labute approximate surface area is 111 Å². The molecular weight excluding hydrogens is 284 g/mol. The summed E-state index contributed by atoms with van der Waals surface area (Å²) >= 11 is 3.48. The Morgan fingerprint density at radius 2 is 1.88 bits per heavy atom. The van der Waals surface area contributed by atoms with E-state index in [1.807, 2.05) is 32.1 Å². The third-order valence-electron chi connectivity index (χ3n) is 2.03. The van der Waals surface area contributed by atoms with Crippen molar-refractivity contribution in [1.82, 2.24) is 0 Å². The highest BCUT2D eigenvalue weighted by atomic mass is 79.9. The van der Waals surface area contributed by atoms with Gasteiger partial charge in [-0.2, -0.15) is 0 Å². The first-order valence-electron chi connectivity index (χ1n) is 5.32. The maximum Gasteiger partial charge on any atom is 0.162 e. The molecule has 0 aliphatic heterocycles. The van der Waals surface area contributed by atoms with E-state index in [4.69, 9.17) is 14.2 Å². The molecule has 1 aromatic rings. The molecule has 0 amide bonds. The Morgan fingerprint density at radius 1 is 1.18 bits per heavy atom. The Hall–Kier alpha value is -1.16. The number of hydrogen-bond acceptors (Lipinski definition) is 3. The number of benzene rings is 1. The van der Waals surface area contributed by atoms with E-state index in [0.717, 1.165) is 15.8 Å². The number of methoxy groups -OCH3 is 2. The van der Waals surface area contributed by atoms with Crippen LogP contribution in [0.1, 0.15) is 19.4 Å². The van der Waals surface area contributed by atoms with E-state index in [0.29, 0.717) is 5.75 Å². The Balaban J connectivity index is 3.12. The van der Waals surface area contributed by atoms with Crippen LogP contribution >= 0.6 is 15.9 Å². The first kappa shape index (κ1) is 13.9. The standard InChI is InChI=1S/C13H17BrO3/c1-9(2)17-13-7-10(5-6-15-3)11(14)8-12(13)16-4/h5-9H,1-4H3/b6-5+. The molecule has 0 fully saturated rings. The highest BCUT2D eigenvalue weighted by Gasteiger charge is 2.10. The molecule has 3 nitrogen and oxygen atoms in total. The van der Waals surface area contributed by atoms with Gasteiger partial charge in [-0.3, -0.25) is 0 Å². The lowest BCUT2D eigenvalue weighted by atomic mass is 10.2. The van der Waals surface area contributed by atoms with Gasteiger partial charge in [0.2, 0.25) is 0 Å². The number of halogens is 1. The average molecular weight is 301 g/mol. The maximum atomic E-state index is 5.69. The van der Waals surface area contributed by atoms with Crippen molar-refractivity contribution in [1.29, 1.82) is 0 Å². The highest BCUT2D eigenvalue weighted by molar-refractivity contribution is 9.10. The fraction of sp³-hybridized carbons (Fsp3) is 0.385. The number of ether oxygens (including phenoxy) is 3. The minimum absolute atomic E-state index is 0.101. The highest BCUT2D eigenvalue weighted by Crippen LogP contribution is 2.34. The minimum atomic E-state index is 0.101. The van der Waals surface area contributed by atoms with Crippen molar-refractivity contribution in [3.63, 3.8) is 0 Å². The second-order valence-corrected chi connectivity index (χ2v) is 4.58. The lowest BCUT2D eigenvalue weighted by Gasteiger charge is -2.15. The van der Waals surface area contributed by atoms with Crippen LogP contribution in [0.2, 0.25) is 0 Å². The second-order valence-electron chi connectivity index (χ2n) is 3.73. The van der Waals surface area contributed by atoms with Crippen molar-refractivity contribution < 1.29 is 14.2 Å². The van der Waals surface area contributed by atoms with Gasteiger partial charge in [-0.05, 0) is 37.6 Å². The molecule has 17 heavy (non-hydrogen) atoms. The van der Waals surface area contributed by atoms with E-state index in [2.05, 4.69) is 15.9 Å². The van der Waals surface area contributed by atoms with Gasteiger partial charge in [0.05, 0.1) is 26.6 Å². The third-order valence-corrected chi connectivity index (χ3v) is 2.72. The van der Waals surface area contributed by atoms with Crippen LogP contribution in [0.5, 0.6) is 11.5 Å². The van der Waals surface area contributed by atoms with Crippen LogP contribution in [-0.2, 0) is 4.74 Å². The minimum Gasteiger partial charge on any atom is -0.504 e. The van der Waals surface area contributed by atoms with Gasteiger partial charge in [-0.25, -0.2) is 0 Å². The molecule has 0 aromatic heterocycles. The van der Waals surface area contributed by atoms with Crippen LogP contribution in [0, 0.1) is 0 Å². The van der Waals surface area contributed by atoms with Crippen LogP contribution in [0.4, 0.5) is 0 Å². The summed E-state index contributed by atoms with van der Waals surface area (Å²) in [5, 5.41) is 0. The van der Waals surface area contributed by atoms with E-state index in [1.54, 1.807) is 20.5 Å². The van der Waals surface area contributed by atoms with Crippen LogP contribution in [0.15, 0.2) is 22.9 Å². The quantitative estimate of drug-likeness (QED) is 0.773. The molecule has 1 rings (SSSR count). The lowest BCUT2D eigenvalue weighted by molar-refractivity contribution is 0.230. The molecule has 0 spiro atoms. The topological polar surface area (TPSA) is 27.7 Å². The molecule has 0 aliphatic carbocycles. The van der Waals surface area contributed by atoms with Gasteiger partial charge >= 0.3 is 0 Å². The van der Waals surface area contributed by atoms with Crippen LogP contribution < -0.4 is 9.47 Å². The Kier molecular flexibility index (Phi) is 5.35. The molecule has 0 aliphatic rings. The van der Waals surface area contributed by atoms with Crippen molar-refractivity contribution in [2.45, 2.75) is 20.0 Å². The monoisotopic (exact) mass is 300 g/mol. The van der Waals surface area contributed by atoms with E-state index in [-0.39, 0.29) is 6.10 Å². The molecule has 0 heterocycles. The Morgan fingerprint density at radius 3 is 2.41 bits per heavy atom. The average Bonchev–Trinajstić information content (AvgIpc) is 2.28. The fourth-order valence-corrected chi connectivity index (χ4v) is 1.78. The molecule has 0 atom stereocenters. The third kappa shape index (κ3) is 3.97. The van der Waals surface area contributed by atoms with Gasteiger partial charge in [0.25, 0.3) is 0 Å². The Bertz CT molecular complexity index is 400. The van der Waals surface area contributed by atoms with Crippen LogP contribution in [0.3, 0.4) is 0 Å². The molecule has 1 aromatic carbocycles. The number of hydrogen-bond donors (Lipinski definition) is 0. The molecule has 4 heteroatoms. The predicted molar refractivity (Wildman–Crippen MR) is 72.5 cm³/mol. The summed E-state index contributed by atoms with van der Waals surface area (Å²) < 4.78 is 16.8. The summed E-state index contributed by atoms with van der Waals surface area (Å²) in [5.41, 5.74) is 0.975. The summed E-state index contributed by atoms with van der Waals surface area (Å²) in [7, 11) is 3.24. The van der Waals surface area contributed by atoms with Crippen molar-refractivity contribution in [3.8, 4) is 11.5 Å². The smallest absolute Gasteiger partial charge is 0.162 e. The first-order valence-corrected chi connectivity index (χ1v) is 6.11. The van der Waals surface area contributed by atoms with Gasteiger partial charge in [-0.15, -0.1) is 0 Å². The molecule has 0 unspecified atom stereocenters. The lowest BCUT2D eigenvalue weighted by Crippen LogP contribution is -2.07. The molecular formula is C13H17BrO3. The van der Waals surface area contributed by atoms with Gasteiger partial charge < -0.3 is 14.2 Å². The molecule has 0 N–H and O–H groups in total. The largest absolute Gasteiger partial charge is 0.504 e. The second kappa shape index (κ2) is 6.55. The summed E-state index contributed by atoms with van der Waals surface area (Å²) in [6.45, 7) is 3.96. The zero-order valence-corrected chi connectivity index (χ0v) is 12.1. The molecule has 94 valence electrons. The summed E-state index contributed by atoms with van der Waals surface area (Å²) in [6, 6.07) is 3.80. The normalized spacial score (nSPS) is 10.9. The van der Waals surface area contributed by atoms with Gasteiger partial charge in [0, 0.05) is 4.47 Å². The number of rotatable bonds is 5. The zero-order valence-electron chi connectivity index (χ0n) is 10.5. The predicted octanol–water partition coefficient (Wildman–Crippen LogP) is 3.86. The SMILES string of the molecule is CO/C=C/c1cc(OC(C)C)c(OC)cc1Br. The molecule has 0 saturated carbocycles. The van der Waals surface area contributed by atoms with Crippen molar-refractivity contribution in [2.24, 2.45) is 0 Å². The fourth-order valence-electron chi connectivity index (χ4n) is 1.33. The van der Waals surface area contributed by atoms with E-state index in [9.17, 15) is 0 Å². The van der Waals surface area contributed by atoms with Gasteiger partial charge in [-0.1, -0.05) is 15.9 Å². The van der Waals surface area contributed by atoms with E-state index in [1.165, 1.54) is 0 Å². The zero-order chi connectivity index (χ0) is 12.8. The van der Waals surface area contributed by atoms with Crippen LogP contribution in [0.25, 0.3) is 6.08 Å². The van der Waals surface area contributed by atoms with Crippen molar-refractivity contribution >= 4 is 22.0 Å². The van der Waals surface area contributed by atoms with Gasteiger partial charge in [0.15, 0.2) is 11.5 Å². The van der Waals surface area contributed by atoms with Crippen molar-refractivity contribution in [2.75, 3.05) is 14.2 Å². The summed E-state index contributed by atoms with van der Waals surface area (Å²) in [5.74, 6) is 1.43. The first-order chi connectivity index (χ1) is 8.08. The molecule has 0 bridgehead atoms. The van der Waals surface area contributed by atoms with E-state index < -0.39 is 0 Å². The maximum absolute atomic E-state index is 5.69. The summed E-state index contributed by atoms with van der Waals surface area (Å²) in [6.07, 6.45) is 3.58.